The van der Waals surface area contributed by atoms with Crippen molar-refractivity contribution in [2.45, 2.75) is 44.0 Å². The Hall–Kier alpha value is -3.85. The summed E-state index contributed by atoms with van der Waals surface area (Å²) in [4.78, 5) is 29.7. The number of amides is 1. The third-order valence-corrected chi connectivity index (χ3v) is 9.25. The molecule has 3 aliphatic heterocycles. The van der Waals surface area contributed by atoms with Gasteiger partial charge in [-0.3, -0.25) is 4.90 Å². The molecule has 2 aromatic carbocycles. The summed E-state index contributed by atoms with van der Waals surface area (Å²) in [6, 6.07) is 14.4. The first-order valence-corrected chi connectivity index (χ1v) is 15.0. The predicted molar refractivity (Wildman–Crippen MR) is 164 cm³/mol. The van der Waals surface area contributed by atoms with E-state index in [1.54, 1.807) is 7.11 Å². The van der Waals surface area contributed by atoms with Crippen LogP contribution in [0.5, 0.6) is 6.01 Å². The highest BCUT2D eigenvalue weighted by Gasteiger charge is 2.35. The smallest absolute Gasteiger partial charge is 0.407 e. The van der Waals surface area contributed by atoms with Gasteiger partial charge in [-0.2, -0.15) is 15.2 Å². The molecule has 2 saturated heterocycles. The molecule has 1 aromatic heterocycles. The third kappa shape index (κ3) is 5.87. The second-order valence-corrected chi connectivity index (χ2v) is 11.9. The lowest BCUT2D eigenvalue weighted by Gasteiger charge is -2.41. The summed E-state index contributed by atoms with van der Waals surface area (Å²) in [7, 11) is 3.80. The number of nitriles is 1. The summed E-state index contributed by atoms with van der Waals surface area (Å²) in [5.74, 6) is 0.762. The van der Waals surface area contributed by atoms with Crippen LogP contribution in [0.15, 0.2) is 36.4 Å². The van der Waals surface area contributed by atoms with Crippen LogP contribution in [0.3, 0.4) is 0 Å². The number of methoxy groups -OCH3 is 1. The Kier molecular flexibility index (Phi) is 8.43. The van der Waals surface area contributed by atoms with Crippen molar-refractivity contribution >= 4 is 40.0 Å². The first-order valence-electron chi connectivity index (χ1n) is 14.7. The maximum absolute atomic E-state index is 11.9. The number of carbonyl (C=O) groups is 1. The summed E-state index contributed by atoms with van der Waals surface area (Å²) < 4.78 is 11.8. The number of aromatic nitrogens is 2. The summed E-state index contributed by atoms with van der Waals surface area (Å²) in [5.41, 5.74) is 2.97. The SMILES string of the molecule is CO[C@@H]1C[C@H](COc2nc3c(c(N4CCN(C(=O)O)[C@@H](CC#N)C4)n2)CCN(c2cccc4cccc(Cl)c24)C3)N(C)C1. The van der Waals surface area contributed by atoms with E-state index in [1.165, 1.54) is 4.90 Å². The molecule has 1 amide bonds. The molecule has 0 bridgehead atoms. The molecule has 2 fully saturated rings. The lowest BCUT2D eigenvalue weighted by molar-refractivity contribution is 0.111. The van der Waals surface area contributed by atoms with Gasteiger partial charge in [0.2, 0.25) is 0 Å². The molecule has 3 aromatic rings. The number of likely N-dealkylation sites (N-methyl/N-ethyl adjacent to an activating group) is 1. The maximum atomic E-state index is 11.9. The second kappa shape index (κ2) is 12.4. The molecule has 4 heterocycles. The Balaban J connectivity index is 1.33. The predicted octanol–water partition coefficient (Wildman–Crippen LogP) is 4.03. The topological polar surface area (TPSA) is 118 Å². The van der Waals surface area contributed by atoms with Gasteiger partial charge >= 0.3 is 12.1 Å². The lowest BCUT2D eigenvalue weighted by atomic mass is 10.0. The number of benzene rings is 2. The molecule has 3 atom stereocenters. The van der Waals surface area contributed by atoms with Gasteiger partial charge in [-0.25, -0.2) is 4.79 Å². The van der Waals surface area contributed by atoms with Crippen LogP contribution in [-0.2, 0) is 17.7 Å². The second-order valence-electron chi connectivity index (χ2n) is 11.5. The molecule has 1 N–H and O–H groups in total. The Morgan fingerprint density at radius 1 is 1.12 bits per heavy atom. The summed E-state index contributed by atoms with van der Waals surface area (Å²) in [6.07, 6.45) is 0.849. The van der Waals surface area contributed by atoms with Gasteiger partial charge < -0.3 is 29.3 Å². The van der Waals surface area contributed by atoms with Crippen molar-refractivity contribution in [3.63, 3.8) is 0 Å². The van der Waals surface area contributed by atoms with Gasteiger partial charge in [0.25, 0.3) is 0 Å². The molecule has 0 spiro atoms. The van der Waals surface area contributed by atoms with E-state index in [9.17, 15) is 15.2 Å². The van der Waals surface area contributed by atoms with Crippen LogP contribution >= 0.6 is 11.6 Å². The zero-order chi connectivity index (χ0) is 30.1. The normalized spacial score (nSPS) is 22.5. The van der Waals surface area contributed by atoms with Crippen molar-refractivity contribution < 1.29 is 19.4 Å². The number of piperazine rings is 1. The Bertz CT molecular complexity index is 1540. The van der Waals surface area contributed by atoms with Gasteiger partial charge in [-0.05, 0) is 37.4 Å². The quantitative estimate of drug-likeness (QED) is 0.423. The van der Waals surface area contributed by atoms with Crippen molar-refractivity contribution in [1.82, 2.24) is 19.8 Å². The van der Waals surface area contributed by atoms with Gasteiger partial charge in [0.05, 0.1) is 41.9 Å². The third-order valence-electron chi connectivity index (χ3n) is 8.94. The minimum absolute atomic E-state index is 0.115. The first-order chi connectivity index (χ1) is 20.9. The molecule has 11 nitrogen and oxygen atoms in total. The van der Waals surface area contributed by atoms with E-state index in [4.69, 9.17) is 31.0 Å². The number of halogens is 1. The highest BCUT2D eigenvalue weighted by atomic mass is 35.5. The minimum atomic E-state index is -1.01. The van der Waals surface area contributed by atoms with Crippen LogP contribution in [-0.4, -0.2) is 103 Å². The van der Waals surface area contributed by atoms with Gasteiger partial charge in [0, 0.05) is 62.5 Å². The molecule has 6 rings (SSSR count). The molecular weight excluding hydrogens is 570 g/mol. The van der Waals surface area contributed by atoms with Crippen molar-refractivity contribution in [2.75, 3.05) is 63.3 Å². The maximum Gasteiger partial charge on any atom is 0.407 e. The van der Waals surface area contributed by atoms with E-state index in [-0.39, 0.29) is 18.6 Å². The number of hydrogen-bond donors (Lipinski definition) is 1. The molecule has 226 valence electrons. The summed E-state index contributed by atoms with van der Waals surface area (Å²) in [5, 5.41) is 21.9. The zero-order valence-corrected chi connectivity index (χ0v) is 25.2. The Morgan fingerprint density at radius 2 is 1.93 bits per heavy atom. The fourth-order valence-electron chi connectivity index (χ4n) is 6.60. The number of ether oxygens (including phenoxy) is 2. The number of carboxylic acid groups (broad SMARTS) is 1. The number of rotatable bonds is 7. The number of anilines is 2. The Morgan fingerprint density at radius 3 is 2.67 bits per heavy atom. The van der Waals surface area contributed by atoms with Crippen LogP contribution in [0.4, 0.5) is 16.3 Å². The van der Waals surface area contributed by atoms with E-state index in [2.05, 4.69) is 46.0 Å². The van der Waals surface area contributed by atoms with E-state index in [1.807, 2.05) is 18.2 Å². The first kappa shape index (κ1) is 29.2. The fraction of sp³-hybridized carbons (Fsp3) is 0.484. The van der Waals surface area contributed by atoms with Crippen LogP contribution in [0.1, 0.15) is 24.1 Å². The van der Waals surface area contributed by atoms with E-state index in [0.717, 1.165) is 53.0 Å². The highest BCUT2D eigenvalue weighted by molar-refractivity contribution is 6.36. The molecule has 0 unspecified atom stereocenters. The van der Waals surface area contributed by atoms with Crippen LogP contribution < -0.4 is 14.5 Å². The van der Waals surface area contributed by atoms with Gasteiger partial charge in [-0.1, -0.05) is 35.9 Å². The number of hydrogen-bond acceptors (Lipinski definition) is 9. The number of nitrogens with zero attached hydrogens (tertiary/aromatic N) is 7. The monoisotopic (exact) mass is 605 g/mol. The van der Waals surface area contributed by atoms with E-state index >= 15 is 0 Å². The largest absolute Gasteiger partial charge is 0.465 e. The van der Waals surface area contributed by atoms with Crippen LogP contribution in [0.2, 0.25) is 5.02 Å². The van der Waals surface area contributed by atoms with Gasteiger partial charge in [0.1, 0.15) is 12.4 Å². The van der Waals surface area contributed by atoms with Crippen LogP contribution in [0.25, 0.3) is 10.8 Å². The number of fused-ring (bicyclic) bond motifs is 2. The zero-order valence-electron chi connectivity index (χ0n) is 24.4. The minimum Gasteiger partial charge on any atom is -0.465 e. The van der Waals surface area contributed by atoms with Gasteiger partial charge in [0.15, 0.2) is 0 Å². The summed E-state index contributed by atoms with van der Waals surface area (Å²) in [6.45, 7) is 3.72. The number of likely N-dealkylation sites (tertiary alicyclic amines) is 1. The van der Waals surface area contributed by atoms with Crippen molar-refractivity contribution in [3.05, 3.63) is 52.7 Å². The lowest BCUT2D eigenvalue weighted by Crippen LogP contribution is -2.55. The average Bonchev–Trinajstić information content (AvgIpc) is 3.38. The van der Waals surface area contributed by atoms with Crippen molar-refractivity contribution in [2.24, 2.45) is 0 Å². The van der Waals surface area contributed by atoms with Gasteiger partial charge in [-0.15, -0.1) is 0 Å². The van der Waals surface area contributed by atoms with Crippen molar-refractivity contribution in [3.8, 4) is 12.1 Å². The molecular formula is C31H36ClN7O4. The average molecular weight is 606 g/mol. The standard InChI is InChI=1S/C31H36ClN7O4/c1-36-17-23(42-2)15-22(36)19-43-30-34-26-18-37(27-8-4-6-20-5-3-7-25(32)28(20)27)12-10-24(26)29(35-30)38-13-14-39(31(40)41)21(16-38)9-11-33/h3-8,21-23H,9-10,12-19H2,1-2H3,(H,40,41)/t21-,22+,23+/m0/s1. The van der Waals surface area contributed by atoms with E-state index < -0.39 is 12.1 Å². The van der Waals surface area contributed by atoms with Crippen LogP contribution in [0, 0.1) is 11.3 Å². The fourth-order valence-corrected chi connectivity index (χ4v) is 6.88. The highest BCUT2D eigenvalue weighted by Crippen LogP contribution is 2.37. The van der Waals surface area contributed by atoms with Crippen molar-refractivity contribution in [1.29, 1.82) is 5.26 Å². The molecule has 3 aliphatic rings. The molecule has 0 saturated carbocycles. The molecule has 43 heavy (non-hydrogen) atoms. The molecule has 12 heteroatoms. The molecule has 0 aliphatic carbocycles. The summed E-state index contributed by atoms with van der Waals surface area (Å²) >= 11 is 6.68. The van der Waals surface area contributed by atoms with E-state index in [0.29, 0.717) is 50.2 Å². The molecule has 0 radical (unpaired) electrons. The Labute approximate surface area is 256 Å².